The lowest BCUT2D eigenvalue weighted by Crippen LogP contribution is -2.38. The molecule has 7 heteroatoms. The van der Waals surface area contributed by atoms with E-state index in [-0.39, 0.29) is 17.2 Å². The summed E-state index contributed by atoms with van der Waals surface area (Å²) in [6, 6.07) is 0. The molecule has 1 aromatic rings. The van der Waals surface area contributed by atoms with E-state index in [9.17, 15) is 14.4 Å². The highest BCUT2D eigenvalue weighted by atomic mass is 32.1. The summed E-state index contributed by atoms with van der Waals surface area (Å²) in [7, 11) is 2.96. The molecule has 0 bridgehead atoms. The predicted octanol–water partition coefficient (Wildman–Crippen LogP) is -0.746. The first kappa shape index (κ1) is 10.3. The summed E-state index contributed by atoms with van der Waals surface area (Å²) in [4.78, 5) is 35.3. The van der Waals surface area contributed by atoms with Crippen molar-refractivity contribution in [3.05, 3.63) is 20.2 Å². The highest BCUT2D eigenvalue weighted by Gasteiger charge is 2.27. The minimum atomic E-state index is -0.138. The van der Waals surface area contributed by atoms with Crippen molar-refractivity contribution in [2.45, 2.75) is 6.54 Å². The summed E-state index contributed by atoms with van der Waals surface area (Å²) < 4.78 is 1.46. The first-order valence-electron chi connectivity index (χ1n) is 4.38. The Morgan fingerprint density at radius 2 is 2.13 bits per heavy atom. The van der Waals surface area contributed by atoms with Crippen LogP contribution in [0.3, 0.4) is 0 Å². The molecule has 77 valence electrons. The second-order valence-corrected chi connectivity index (χ2v) is 4.28. The summed E-state index contributed by atoms with van der Waals surface area (Å²) >= 11 is 0.974. The lowest BCUT2D eigenvalue weighted by Gasteiger charge is -2.23. The predicted molar refractivity (Wildman–Crippen MR) is 56.8 cm³/mol. The Kier molecular flexibility index (Phi) is 2.58. The number of nitrogens with zero attached hydrogens (tertiary/aromatic N) is 2. The first-order chi connectivity index (χ1) is 7.13. The molecule has 0 saturated heterocycles. The Morgan fingerprint density at radius 3 is 2.80 bits per heavy atom. The summed E-state index contributed by atoms with van der Waals surface area (Å²) in [5, 5.41) is 0. The second kappa shape index (κ2) is 3.75. The van der Waals surface area contributed by atoms with E-state index in [1.54, 1.807) is 11.9 Å². The molecule has 0 atom stereocenters. The lowest BCUT2D eigenvalue weighted by atomic mass is 9.91. The number of rotatable bonds is 2. The van der Waals surface area contributed by atoms with Crippen LogP contribution in [0, 0.1) is 0 Å². The summed E-state index contributed by atoms with van der Waals surface area (Å²) in [6.07, 6.45) is 0.642. The molecule has 0 aliphatic carbocycles. The summed E-state index contributed by atoms with van der Waals surface area (Å²) in [5.74, 6) is -0.1000. The van der Waals surface area contributed by atoms with Gasteiger partial charge in [-0.2, -0.15) is 0 Å². The van der Waals surface area contributed by atoms with E-state index in [0.717, 1.165) is 11.3 Å². The normalized spacial score (nSPS) is 16.2. The molecule has 0 spiro atoms. The van der Waals surface area contributed by atoms with Crippen LogP contribution >= 0.6 is 11.3 Å². The highest BCUT2D eigenvalue weighted by molar-refractivity contribution is 7.11. The maximum atomic E-state index is 11.6. The van der Waals surface area contributed by atoms with Crippen LogP contribution in [-0.2, 0) is 18.4 Å². The molecule has 5 nitrogen and oxygen atoms in total. The number of hydrogen-bond acceptors (Lipinski definition) is 5. The summed E-state index contributed by atoms with van der Waals surface area (Å²) in [6.45, 7) is 0.612. The van der Waals surface area contributed by atoms with Gasteiger partial charge in [-0.05, 0) is 0 Å². The molecule has 2 heterocycles. The zero-order valence-electron chi connectivity index (χ0n) is 8.10. The number of thiazole rings is 1. The fraction of sp³-hybridized carbons (Fsp3) is 0.375. The van der Waals surface area contributed by atoms with Crippen LogP contribution in [0.4, 0.5) is 0 Å². The molecule has 0 aromatic carbocycles. The number of aromatic nitrogens is 1. The number of fused-ring (bicyclic) bond motifs is 1. The molecule has 1 aliphatic rings. The number of Topliss-reactive ketones (excluding diaryl/α,β-unsaturated/α-hetero) is 1. The topological polar surface area (TPSA) is 59.4 Å². The molecular weight excluding hydrogens is 215 g/mol. The van der Waals surface area contributed by atoms with E-state index in [1.807, 2.05) is 0 Å². The van der Waals surface area contributed by atoms with E-state index in [1.165, 1.54) is 12.0 Å². The largest absolute Gasteiger partial charge is 0.328 e. The van der Waals surface area contributed by atoms with E-state index in [0.29, 0.717) is 23.3 Å². The van der Waals surface area contributed by atoms with Gasteiger partial charge in [-0.15, -0.1) is 0 Å². The van der Waals surface area contributed by atoms with E-state index in [4.69, 9.17) is 0 Å². The van der Waals surface area contributed by atoms with Crippen LogP contribution < -0.4 is 4.87 Å². The Labute approximate surface area is 90.6 Å². The smallest absolute Gasteiger partial charge is 0.307 e. The van der Waals surface area contributed by atoms with Gasteiger partial charge in [0.2, 0.25) is 0 Å². The van der Waals surface area contributed by atoms with Crippen LogP contribution in [0.5, 0.6) is 0 Å². The lowest BCUT2D eigenvalue weighted by molar-refractivity contribution is 0.0953. The van der Waals surface area contributed by atoms with Crippen molar-refractivity contribution in [2.75, 3.05) is 6.54 Å². The van der Waals surface area contributed by atoms with Crippen LogP contribution in [0.1, 0.15) is 15.4 Å². The highest BCUT2D eigenvalue weighted by Crippen LogP contribution is 2.19. The molecule has 1 aromatic heterocycles. The number of ketones is 1. The van der Waals surface area contributed by atoms with Crippen LogP contribution in [0.2, 0.25) is 0 Å². The van der Waals surface area contributed by atoms with E-state index in [2.05, 4.69) is 0 Å². The van der Waals surface area contributed by atoms with Gasteiger partial charge >= 0.3 is 4.87 Å². The minimum absolute atomic E-state index is 0.1000. The van der Waals surface area contributed by atoms with Gasteiger partial charge in [0.15, 0.2) is 5.78 Å². The molecule has 0 unspecified atom stereocenters. The molecular formula is C8H8BN2O3S. The third kappa shape index (κ3) is 1.68. The van der Waals surface area contributed by atoms with Crippen molar-refractivity contribution < 1.29 is 9.59 Å². The van der Waals surface area contributed by atoms with Crippen LogP contribution in [0.15, 0.2) is 4.79 Å². The van der Waals surface area contributed by atoms with Crippen molar-refractivity contribution in [3.63, 3.8) is 0 Å². The van der Waals surface area contributed by atoms with Crippen molar-refractivity contribution in [3.8, 4) is 0 Å². The Bertz CT molecular complexity index is 479. The van der Waals surface area contributed by atoms with Crippen LogP contribution in [-0.4, -0.2) is 35.3 Å². The molecule has 0 saturated carbocycles. The maximum Gasteiger partial charge on any atom is 0.307 e. The number of carbonyl (C=O) groups excluding carboxylic acids is 2. The maximum absolute atomic E-state index is 11.6. The zero-order valence-corrected chi connectivity index (χ0v) is 8.91. The van der Waals surface area contributed by atoms with Gasteiger partial charge in [-0.25, -0.2) is 0 Å². The van der Waals surface area contributed by atoms with Gasteiger partial charge in [-0.3, -0.25) is 9.59 Å². The quantitative estimate of drug-likeness (QED) is 0.489. The fourth-order valence-electron chi connectivity index (χ4n) is 1.57. The Hall–Kier alpha value is -1.21. The first-order valence-corrected chi connectivity index (χ1v) is 5.19. The van der Waals surface area contributed by atoms with Gasteiger partial charge in [-0.1, -0.05) is 11.3 Å². The SMILES string of the molecule is Cn1c2c(sc1=O)C(=O)CN([B]C=O)C2. The standard InChI is InChI=1S/C8H8BN2O3S/c1-10-5-2-11(9-4-12)3-6(13)7(5)15-8(10)14/h4H,2-3H2,1H3. The minimum Gasteiger partial charge on any atom is -0.328 e. The zero-order chi connectivity index (χ0) is 11.0. The van der Waals surface area contributed by atoms with Crippen molar-refractivity contribution in [2.24, 2.45) is 7.05 Å². The molecule has 0 N–H and O–H groups in total. The molecule has 0 amide bonds. The van der Waals surface area contributed by atoms with Gasteiger partial charge in [0.05, 0.1) is 23.3 Å². The fourth-order valence-corrected chi connectivity index (χ4v) is 2.49. The molecule has 1 radical (unpaired) electrons. The number of carbonyl (C=O) groups is 2. The van der Waals surface area contributed by atoms with E-state index < -0.39 is 0 Å². The molecule has 1 aliphatic heterocycles. The van der Waals surface area contributed by atoms with Gasteiger partial charge in [0.1, 0.15) is 0 Å². The molecule has 2 rings (SSSR count). The van der Waals surface area contributed by atoms with Gasteiger partial charge < -0.3 is 14.2 Å². The number of hydrogen-bond donors (Lipinski definition) is 0. The summed E-state index contributed by atoms with van der Waals surface area (Å²) in [5.41, 5.74) is 0.694. The third-order valence-electron chi connectivity index (χ3n) is 2.35. The monoisotopic (exact) mass is 223 g/mol. The Morgan fingerprint density at radius 1 is 1.40 bits per heavy atom. The average molecular weight is 223 g/mol. The van der Waals surface area contributed by atoms with Crippen molar-refractivity contribution in [1.82, 2.24) is 9.38 Å². The van der Waals surface area contributed by atoms with E-state index >= 15 is 0 Å². The van der Waals surface area contributed by atoms with Gasteiger partial charge in [0, 0.05) is 13.6 Å². The van der Waals surface area contributed by atoms with Gasteiger partial charge in [0.25, 0.3) is 7.41 Å². The average Bonchev–Trinajstić information content (AvgIpc) is 2.46. The second-order valence-electron chi connectivity index (χ2n) is 3.32. The van der Waals surface area contributed by atoms with Crippen molar-refractivity contribution >= 4 is 30.7 Å². The molecule has 0 fully saturated rings. The molecule has 15 heavy (non-hydrogen) atoms. The van der Waals surface area contributed by atoms with Crippen molar-refractivity contribution in [1.29, 1.82) is 0 Å². The Balaban J connectivity index is 2.41. The van der Waals surface area contributed by atoms with Crippen LogP contribution in [0.25, 0.3) is 0 Å². The third-order valence-corrected chi connectivity index (χ3v) is 3.47.